The molecule has 4 nitrogen and oxygen atoms in total. The van der Waals surface area contributed by atoms with Crippen LogP contribution in [0, 0.1) is 0 Å². The number of hydrogen-bond acceptors (Lipinski definition) is 2. The fraction of sp³-hybridized carbons (Fsp3) is 0.375. The van der Waals surface area contributed by atoms with Crippen molar-refractivity contribution in [1.29, 1.82) is 0 Å². The SMILES string of the molecule is O=C(O)c1c2c(nn1CCCc1ccccc1)CCC2. The van der Waals surface area contributed by atoms with Crippen LogP contribution in [-0.2, 0) is 25.8 Å². The van der Waals surface area contributed by atoms with Crippen molar-refractivity contribution in [3.05, 3.63) is 52.8 Å². The van der Waals surface area contributed by atoms with Crippen LogP contribution in [0.15, 0.2) is 30.3 Å². The minimum Gasteiger partial charge on any atom is -0.477 e. The number of aromatic nitrogens is 2. The minimum atomic E-state index is -0.847. The lowest BCUT2D eigenvalue weighted by molar-refractivity contribution is 0.0681. The van der Waals surface area contributed by atoms with E-state index in [2.05, 4.69) is 17.2 Å². The van der Waals surface area contributed by atoms with Crippen molar-refractivity contribution in [2.24, 2.45) is 0 Å². The summed E-state index contributed by atoms with van der Waals surface area (Å²) < 4.78 is 1.69. The van der Waals surface area contributed by atoms with Gasteiger partial charge < -0.3 is 5.11 Å². The van der Waals surface area contributed by atoms with Gasteiger partial charge in [-0.15, -0.1) is 0 Å². The van der Waals surface area contributed by atoms with Gasteiger partial charge in [0, 0.05) is 12.1 Å². The molecule has 1 N–H and O–H groups in total. The molecule has 3 rings (SSSR count). The zero-order chi connectivity index (χ0) is 13.9. The second kappa shape index (κ2) is 5.49. The Morgan fingerprint density at radius 3 is 2.80 bits per heavy atom. The molecule has 2 aromatic rings. The number of benzene rings is 1. The summed E-state index contributed by atoms with van der Waals surface area (Å²) in [6.07, 6.45) is 4.66. The third-order valence-electron chi connectivity index (χ3n) is 3.85. The summed E-state index contributed by atoms with van der Waals surface area (Å²) in [6, 6.07) is 10.3. The Bertz CT molecular complexity index is 617. The van der Waals surface area contributed by atoms with Crippen LogP contribution >= 0.6 is 0 Å². The first kappa shape index (κ1) is 12.9. The van der Waals surface area contributed by atoms with Crippen molar-refractivity contribution in [3.63, 3.8) is 0 Å². The maximum atomic E-state index is 11.4. The van der Waals surface area contributed by atoms with E-state index in [0.717, 1.165) is 43.4 Å². The molecule has 1 aromatic carbocycles. The lowest BCUT2D eigenvalue weighted by atomic mass is 10.1. The second-order valence-corrected chi connectivity index (χ2v) is 5.24. The van der Waals surface area contributed by atoms with Gasteiger partial charge in [-0.05, 0) is 37.7 Å². The van der Waals surface area contributed by atoms with Gasteiger partial charge in [0.05, 0.1) is 5.69 Å². The summed E-state index contributed by atoms with van der Waals surface area (Å²) in [5.41, 5.74) is 3.63. The first-order chi connectivity index (χ1) is 9.75. The lowest BCUT2D eigenvalue weighted by Crippen LogP contribution is -2.12. The average molecular weight is 270 g/mol. The van der Waals surface area contributed by atoms with Crippen molar-refractivity contribution >= 4 is 5.97 Å². The van der Waals surface area contributed by atoms with E-state index in [9.17, 15) is 9.90 Å². The van der Waals surface area contributed by atoms with Gasteiger partial charge in [0.1, 0.15) is 5.69 Å². The standard InChI is InChI=1S/C16H18N2O2/c19-16(20)15-13-9-4-10-14(13)17-18(15)11-5-8-12-6-2-1-3-7-12/h1-3,6-7H,4-5,8-11H2,(H,19,20). The van der Waals surface area contributed by atoms with E-state index in [1.165, 1.54) is 5.56 Å². The van der Waals surface area contributed by atoms with Gasteiger partial charge >= 0.3 is 5.97 Å². The molecule has 0 bridgehead atoms. The first-order valence-electron chi connectivity index (χ1n) is 7.11. The highest BCUT2D eigenvalue weighted by Crippen LogP contribution is 2.25. The monoisotopic (exact) mass is 270 g/mol. The third-order valence-corrected chi connectivity index (χ3v) is 3.85. The van der Waals surface area contributed by atoms with Crippen molar-refractivity contribution in [2.45, 2.75) is 38.6 Å². The molecular weight excluding hydrogens is 252 g/mol. The molecule has 0 aliphatic heterocycles. The van der Waals surface area contributed by atoms with Gasteiger partial charge in [0.15, 0.2) is 0 Å². The predicted octanol–water partition coefficient (Wildman–Crippen LogP) is 2.70. The Balaban J connectivity index is 1.70. The molecular formula is C16H18N2O2. The summed E-state index contributed by atoms with van der Waals surface area (Å²) in [7, 11) is 0. The summed E-state index contributed by atoms with van der Waals surface area (Å²) in [6.45, 7) is 0.670. The van der Waals surface area contributed by atoms with Gasteiger partial charge in [-0.2, -0.15) is 5.10 Å². The number of aryl methyl sites for hydroxylation is 3. The molecule has 1 aromatic heterocycles. The van der Waals surface area contributed by atoms with Crippen molar-refractivity contribution in [1.82, 2.24) is 9.78 Å². The number of nitrogens with zero attached hydrogens (tertiary/aromatic N) is 2. The van der Waals surface area contributed by atoms with Crippen LogP contribution in [-0.4, -0.2) is 20.9 Å². The number of carbonyl (C=O) groups is 1. The average Bonchev–Trinajstić information content (AvgIpc) is 2.99. The van der Waals surface area contributed by atoms with Crippen molar-refractivity contribution in [3.8, 4) is 0 Å². The van der Waals surface area contributed by atoms with Gasteiger partial charge in [0.25, 0.3) is 0 Å². The first-order valence-corrected chi connectivity index (χ1v) is 7.11. The molecule has 0 fully saturated rings. The topological polar surface area (TPSA) is 55.1 Å². The Morgan fingerprint density at radius 2 is 2.05 bits per heavy atom. The molecule has 0 saturated carbocycles. The van der Waals surface area contributed by atoms with E-state index in [1.807, 2.05) is 18.2 Å². The quantitative estimate of drug-likeness (QED) is 0.908. The van der Waals surface area contributed by atoms with E-state index in [-0.39, 0.29) is 0 Å². The summed E-state index contributed by atoms with van der Waals surface area (Å²) in [5, 5.41) is 13.9. The molecule has 0 unspecified atom stereocenters. The van der Waals surface area contributed by atoms with Crippen LogP contribution in [0.5, 0.6) is 0 Å². The maximum Gasteiger partial charge on any atom is 0.354 e. The summed E-state index contributed by atoms with van der Waals surface area (Å²) >= 11 is 0. The van der Waals surface area contributed by atoms with Crippen molar-refractivity contribution in [2.75, 3.05) is 0 Å². The molecule has 4 heteroatoms. The maximum absolute atomic E-state index is 11.4. The zero-order valence-electron chi connectivity index (χ0n) is 11.4. The molecule has 1 aliphatic rings. The predicted molar refractivity (Wildman–Crippen MR) is 76.0 cm³/mol. The Labute approximate surface area is 118 Å². The number of carboxylic acid groups (broad SMARTS) is 1. The number of hydrogen-bond donors (Lipinski definition) is 1. The summed E-state index contributed by atoms with van der Waals surface area (Å²) in [4.78, 5) is 11.4. The van der Waals surface area contributed by atoms with Crippen molar-refractivity contribution < 1.29 is 9.90 Å². The van der Waals surface area contributed by atoms with E-state index in [0.29, 0.717) is 12.2 Å². The fourth-order valence-corrected chi connectivity index (χ4v) is 2.92. The Morgan fingerprint density at radius 1 is 1.25 bits per heavy atom. The number of aromatic carboxylic acids is 1. The fourth-order valence-electron chi connectivity index (χ4n) is 2.92. The van der Waals surface area contributed by atoms with E-state index in [1.54, 1.807) is 4.68 Å². The molecule has 0 spiro atoms. The molecule has 0 radical (unpaired) electrons. The number of rotatable bonds is 5. The minimum absolute atomic E-state index is 0.408. The normalized spacial score (nSPS) is 13.4. The Kier molecular flexibility index (Phi) is 3.54. The molecule has 104 valence electrons. The highest BCUT2D eigenvalue weighted by atomic mass is 16.4. The lowest BCUT2D eigenvalue weighted by Gasteiger charge is -2.06. The van der Waals surface area contributed by atoms with Gasteiger partial charge in [0.2, 0.25) is 0 Å². The van der Waals surface area contributed by atoms with Crippen LogP contribution < -0.4 is 0 Å². The summed E-state index contributed by atoms with van der Waals surface area (Å²) in [5.74, 6) is -0.847. The molecule has 1 aliphatic carbocycles. The molecule has 0 atom stereocenters. The largest absolute Gasteiger partial charge is 0.477 e. The van der Waals surface area contributed by atoms with E-state index in [4.69, 9.17) is 0 Å². The molecule has 20 heavy (non-hydrogen) atoms. The van der Waals surface area contributed by atoms with E-state index < -0.39 is 5.97 Å². The molecule has 0 amide bonds. The smallest absolute Gasteiger partial charge is 0.354 e. The second-order valence-electron chi connectivity index (χ2n) is 5.24. The van der Waals surface area contributed by atoms with E-state index >= 15 is 0 Å². The van der Waals surface area contributed by atoms with Crippen LogP contribution in [0.2, 0.25) is 0 Å². The van der Waals surface area contributed by atoms with Crippen LogP contribution in [0.1, 0.15) is 40.2 Å². The van der Waals surface area contributed by atoms with Gasteiger partial charge in [-0.1, -0.05) is 30.3 Å². The number of carboxylic acids is 1. The highest BCUT2D eigenvalue weighted by Gasteiger charge is 2.25. The molecule has 1 heterocycles. The number of fused-ring (bicyclic) bond motifs is 1. The van der Waals surface area contributed by atoms with Crippen LogP contribution in [0.25, 0.3) is 0 Å². The Hall–Kier alpha value is -2.10. The zero-order valence-corrected chi connectivity index (χ0v) is 11.4. The third kappa shape index (κ3) is 2.46. The van der Waals surface area contributed by atoms with Crippen LogP contribution in [0.3, 0.4) is 0 Å². The van der Waals surface area contributed by atoms with Gasteiger partial charge in [-0.25, -0.2) is 4.79 Å². The van der Waals surface area contributed by atoms with Crippen LogP contribution in [0.4, 0.5) is 0 Å². The highest BCUT2D eigenvalue weighted by molar-refractivity contribution is 5.88. The van der Waals surface area contributed by atoms with Gasteiger partial charge in [-0.3, -0.25) is 4.68 Å². The molecule has 0 saturated heterocycles.